The Morgan fingerprint density at radius 2 is 1.85 bits per heavy atom. The van der Waals surface area contributed by atoms with Gasteiger partial charge in [0.05, 0.1) is 23.0 Å². The van der Waals surface area contributed by atoms with Crippen molar-refractivity contribution in [2.24, 2.45) is 0 Å². The minimum Gasteiger partial charge on any atom is -0.494 e. The first-order valence-electron chi connectivity index (χ1n) is 11.2. The first-order valence-corrected chi connectivity index (χ1v) is 11.5. The van der Waals surface area contributed by atoms with Crippen molar-refractivity contribution >= 4 is 23.3 Å². The molecule has 0 atom stereocenters. The van der Waals surface area contributed by atoms with Gasteiger partial charge in [-0.3, -0.25) is 4.90 Å². The molecule has 0 unspecified atom stereocenters. The number of piperazine rings is 1. The maximum absolute atomic E-state index is 12.7. The Morgan fingerprint density at radius 1 is 1.12 bits per heavy atom. The molecule has 8 heteroatoms. The molecule has 0 spiro atoms. The number of ether oxygens (including phenoxy) is 1. The number of carbonyl (C=O) groups excluding carboxylic acids is 1. The average Bonchev–Trinajstić information content (AvgIpc) is 3.17. The number of amides is 2. The number of rotatable bonds is 6. The number of nitrogens with one attached hydrogen (secondary N) is 1. The van der Waals surface area contributed by atoms with Gasteiger partial charge < -0.3 is 19.4 Å². The number of benzene rings is 2. The van der Waals surface area contributed by atoms with Gasteiger partial charge in [-0.2, -0.15) is 0 Å². The van der Waals surface area contributed by atoms with E-state index in [1.54, 1.807) is 0 Å². The van der Waals surface area contributed by atoms with Gasteiger partial charge in [-0.25, -0.2) is 9.78 Å². The van der Waals surface area contributed by atoms with Crippen LogP contribution < -0.4 is 10.1 Å². The minimum absolute atomic E-state index is 0.129. The SMILES string of the molecule is CCOc1ccc(-c2nc(CN3CCN(C(=O)Nc4ccc(C)cc4Cl)CC3)c(C)o2)cc1. The van der Waals surface area contributed by atoms with Gasteiger partial charge >= 0.3 is 6.03 Å². The van der Waals surface area contributed by atoms with Crippen LogP contribution in [0.25, 0.3) is 11.5 Å². The predicted molar refractivity (Wildman–Crippen MR) is 130 cm³/mol. The highest BCUT2D eigenvalue weighted by molar-refractivity contribution is 6.33. The van der Waals surface area contributed by atoms with E-state index in [0.717, 1.165) is 41.4 Å². The molecule has 1 aliphatic heterocycles. The van der Waals surface area contributed by atoms with Gasteiger partial charge in [0.2, 0.25) is 5.89 Å². The van der Waals surface area contributed by atoms with Crippen LogP contribution in [0.1, 0.15) is 23.9 Å². The van der Waals surface area contributed by atoms with Gasteiger partial charge in [-0.15, -0.1) is 0 Å². The van der Waals surface area contributed by atoms with Crippen molar-refractivity contribution in [3.63, 3.8) is 0 Å². The summed E-state index contributed by atoms with van der Waals surface area (Å²) in [5, 5.41) is 3.46. The molecule has 1 aromatic heterocycles. The molecular weight excluding hydrogens is 440 g/mol. The van der Waals surface area contributed by atoms with E-state index in [0.29, 0.717) is 42.8 Å². The van der Waals surface area contributed by atoms with Gasteiger partial charge in [0, 0.05) is 38.3 Å². The van der Waals surface area contributed by atoms with Gasteiger partial charge in [-0.1, -0.05) is 17.7 Å². The van der Waals surface area contributed by atoms with Crippen molar-refractivity contribution in [3.8, 4) is 17.2 Å². The Bertz CT molecular complexity index is 1110. The number of carbonyl (C=O) groups is 1. The Hall–Kier alpha value is -3.03. The summed E-state index contributed by atoms with van der Waals surface area (Å²) in [4.78, 5) is 21.5. The van der Waals surface area contributed by atoms with E-state index >= 15 is 0 Å². The molecule has 2 aromatic carbocycles. The molecule has 7 nitrogen and oxygen atoms in total. The zero-order chi connectivity index (χ0) is 23.4. The number of aromatic nitrogens is 1. The Labute approximate surface area is 199 Å². The zero-order valence-corrected chi connectivity index (χ0v) is 20.0. The summed E-state index contributed by atoms with van der Waals surface area (Å²) in [6, 6.07) is 13.2. The van der Waals surface area contributed by atoms with Crippen molar-refractivity contribution < 1.29 is 13.9 Å². The molecule has 0 bridgehead atoms. The minimum atomic E-state index is -0.129. The number of aryl methyl sites for hydroxylation is 2. The second kappa shape index (κ2) is 10.3. The number of anilines is 1. The van der Waals surface area contributed by atoms with E-state index in [4.69, 9.17) is 25.7 Å². The maximum Gasteiger partial charge on any atom is 0.321 e. The summed E-state index contributed by atoms with van der Waals surface area (Å²) in [5.74, 6) is 2.25. The number of nitrogens with zero attached hydrogens (tertiary/aromatic N) is 3. The molecule has 1 N–H and O–H groups in total. The third-order valence-corrected chi connectivity index (χ3v) is 6.02. The Balaban J connectivity index is 1.32. The average molecular weight is 469 g/mol. The van der Waals surface area contributed by atoms with E-state index in [9.17, 15) is 4.79 Å². The van der Waals surface area contributed by atoms with Crippen LogP contribution in [-0.4, -0.2) is 53.6 Å². The molecule has 174 valence electrons. The van der Waals surface area contributed by atoms with E-state index < -0.39 is 0 Å². The lowest BCUT2D eigenvalue weighted by atomic mass is 10.2. The molecule has 4 rings (SSSR count). The summed E-state index contributed by atoms with van der Waals surface area (Å²) in [7, 11) is 0. The molecule has 0 aliphatic carbocycles. The summed E-state index contributed by atoms with van der Waals surface area (Å²) in [6.45, 7) is 9.99. The van der Waals surface area contributed by atoms with Gasteiger partial charge in [0.15, 0.2) is 0 Å². The molecule has 2 amide bonds. The fraction of sp³-hybridized carbons (Fsp3) is 0.360. The van der Waals surface area contributed by atoms with Crippen molar-refractivity contribution in [1.82, 2.24) is 14.8 Å². The van der Waals surface area contributed by atoms with Crippen LogP contribution in [0.4, 0.5) is 10.5 Å². The topological polar surface area (TPSA) is 70.8 Å². The highest BCUT2D eigenvalue weighted by Gasteiger charge is 2.23. The van der Waals surface area contributed by atoms with Gasteiger partial charge in [-0.05, 0) is 62.7 Å². The number of oxazole rings is 1. The number of hydrogen-bond acceptors (Lipinski definition) is 5. The monoisotopic (exact) mass is 468 g/mol. The molecule has 1 saturated heterocycles. The molecule has 2 heterocycles. The van der Waals surface area contributed by atoms with Crippen LogP contribution in [0.3, 0.4) is 0 Å². The standard InChI is InChI=1S/C25H29ClN4O3/c1-4-32-20-8-6-19(7-9-20)24-27-23(18(3)33-24)16-29-11-13-30(14-12-29)25(31)28-22-10-5-17(2)15-21(22)26/h5-10,15H,4,11-14,16H2,1-3H3,(H,28,31). The van der Waals surface area contributed by atoms with Gasteiger partial charge in [0.25, 0.3) is 0 Å². The van der Waals surface area contributed by atoms with Crippen LogP contribution in [0.15, 0.2) is 46.9 Å². The third kappa shape index (κ3) is 5.67. The summed E-state index contributed by atoms with van der Waals surface area (Å²) in [5.41, 5.74) is 3.53. The molecule has 1 aliphatic rings. The predicted octanol–water partition coefficient (Wildman–Crippen LogP) is 5.36. The van der Waals surface area contributed by atoms with Crippen molar-refractivity contribution in [2.75, 3.05) is 38.1 Å². The molecular formula is C25H29ClN4O3. The molecule has 0 radical (unpaired) electrons. The lowest BCUT2D eigenvalue weighted by molar-refractivity contribution is 0.141. The molecule has 0 saturated carbocycles. The highest BCUT2D eigenvalue weighted by Crippen LogP contribution is 2.26. The molecule has 33 heavy (non-hydrogen) atoms. The van der Waals surface area contributed by atoms with Gasteiger partial charge in [0.1, 0.15) is 11.5 Å². The van der Waals surface area contributed by atoms with Crippen molar-refractivity contribution in [2.45, 2.75) is 27.3 Å². The second-order valence-corrected chi connectivity index (χ2v) is 8.56. The zero-order valence-electron chi connectivity index (χ0n) is 19.2. The molecule has 1 fully saturated rings. The van der Waals surface area contributed by atoms with Crippen molar-refractivity contribution in [1.29, 1.82) is 0 Å². The Morgan fingerprint density at radius 3 is 2.52 bits per heavy atom. The quantitative estimate of drug-likeness (QED) is 0.527. The number of hydrogen-bond donors (Lipinski definition) is 1. The van der Waals surface area contributed by atoms with Crippen molar-refractivity contribution in [3.05, 3.63) is 64.5 Å². The fourth-order valence-electron chi connectivity index (χ4n) is 3.80. The third-order valence-electron chi connectivity index (χ3n) is 5.70. The normalized spacial score (nSPS) is 14.4. The Kier molecular flexibility index (Phi) is 7.20. The number of urea groups is 1. The lowest BCUT2D eigenvalue weighted by Crippen LogP contribution is -2.49. The van der Waals surface area contributed by atoms with E-state index in [1.165, 1.54) is 0 Å². The van der Waals surface area contributed by atoms with E-state index in [1.807, 2.05) is 68.1 Å². The van der Waals surface area contributed by atoms with E-state index in [2.05, 4.69) is 10.2 Å². The molecule has 3 aromatic rings. The fourth-order valence-corrected chi connectivity index (χ4v) is 4.08. The largest absolute Gasteiger partial charge is 0.494 e. The first-order chi connectivity index (χ1) is 15.9. The second-order valence-electron chi connectivity index (χ2n) is 8.16. The lowest BCUT2D eigenvalue weighted by Gasteiger charge is -2.34. The van der Waals surface area contributed by atoms with E-state index in [-0.39, 0.29) is 6.03 Å². The number of halogens is 1. The van der Waals surface area contributed by atoms with Crippen LogP contribution in [-0.2, 0) is 6.54 Å². The van der Waals surface area contributed by atoms with Crippen LogP contribution >= 0.6 is 11.6 Å². The highest BCUT2D eigenvalue weighted by atomic mass is 35.5. The maximum atomic E-state index is 12.7. The summed E-state index contributed by atoms with van der Waals surface area (Å²) >= 11 is 6.25. The van der Waals surface area contributed by atoms with Crippen LogP contribution in [0, 0.1) is 13.8 Å². The smallest absolute Gasteiger partial charge is 0.321 e. The summed E-state index contributed by atoms with van der Waals surface area (Å²) < 4.78 is 11.4. The van der Waals surface area contributed by atoms with Crippen LogP contribution in [0.5, 0.6) is 5.75 Å². The summed E-state index contributed by atoms with van der Waals surface area (Å²) in [6.07, 6.45) is 0. The first kappa shape index (κ1) is 23.1. The van der Waals surface area contributed by atoms with Crippen LogP contribution in [0.2, 0.25) is 5.02 Å².